The Hall–Kier alpha value is -1.84. The number of nitrogens with zero attached hydrogens (tertiary/aromatic N) is 2. The van der Waals surface area contributed by atoms with Gasteiger partial charge in [-0.3, -0.25) is 0 Å². The molecule has 0 saturated heterocycles. The van der Waals surface area contributed by atoms with Gasteiger partial charge in [-0.15, -0.1) is 0 Å². The summed E-state index contributed by atoms with van der Waals surface area (Å²) in [6.45, 7) is 6.68. The fourth-order valence-corrected chi connectivity index (χ4v) is 3.21. The molecule has 1 aromatic heterocycles. The molecule has 4 heteroatoms. The van der Waals surface area contributed by atoms with E-state index in [4.69, 9.17) is 10.1 Å². The molecule has 0 bridgehead atoms. The first-order chi connectivity index (χ1) is 9.94. The van der Waals surface area contributed by atoms with Crippen molar-refractivity contribution in [2.45, 2.75) is 57.9 Å². The Kier molecular flexibility index (Phi) is 3.27. The summed E-state index contributed by atoms with van der Waals surface area (Å²) in [5.74, 6) is 0.778. The Morgan fingerprint density at radius 1 is 1.43 bits per heavy atom. The van der Waals surface area contributed by atoms with Gasteiger partial charge in [0, 0.05) is 11.5 Å². The number of benzene rings is 1. The van der Waals surface area contributed by atoms with E-state index in [1.165, 1.54) is 12.8 Å². The molecule has 112 valence electrons. The van der Waals surface area contributed by atoms with Gasteiger partial charge in [0.2, 0.25) is 0 Å². The third kappa shape index (κ3) is 2.43. The molecular formula is C17H22N2O2. The van der Waals surface area contributed by atoms with Crippen LogP contribution in [0.1, 0.15) is 68.6 Å². The second-order valence-electron chi connectivity index (χ2n) is 6.65. The molecule has 1 fully saturated rings. The lowest BCUT2D eigenvalue weighted by atomic mass is 9.97. The van der Waals surface area contributed by atoms with E-state index in [0.717, 1.165) is 29.7 Å². The number of rotatable bonds is 5. The molecule has 21 heavy (non-hydrogen) atoms. The number of carboxylic acid groups (broad SMARTS) is 1. The maximum atomic E-state index is 11.1. The summed E-state index contributed by atoms with van der Waals surface area (Å²) >= 11 is 0. The van der Waals surface area contributed by atoms with Crippen LogP contribution in [0.2, 0.25) is 0 Å². The number of carboxylic acids is 1. The zero-order valence-corrected chi connectivity index (χ0v) is 12.9. The lowest BCUT2D eigenvalue weighted by Gasteiger charge is -2.29. The first-order valence-corrected chi connectivity index (χ1v) is 7.70. The van der Waals surface area contributed by atoms with Crippen LogP contribution in [0, 0.1) is 0 Å². The normalized spacial score (nSPS) is 15.6. The highest BCUT2D eigenvalue weighted by Crippen LogP contribution is 2.43. The van der Waals surface area contributed by atoms with Gasteiger partial charge in [-0.2, -0.15) is 0 Å². The first-order valence-electron chi connectivity index (χ1n) is 7.70. The Bertz CT molecular complexity index is 696. The topological polar surface area (TPSA) is 55.1 Å². The fourth-order valence-electron chi connectivity index (χ4n) is 3.21. The molecule has 0 atom stereocenters. The number of aromatic carboxylic acids is 1. The van der Waals surface area contributed by atoms with Crippen LogP contribution in [0.5, 0.6) is 0 Å². The standard InChI is InChI=1S/C17H22N2O2/c1-4-9-17(2,3)19-14-8-7-12(16(20)21)10-13(14)18-15(19)11-5-6-11/h7-8,10-11H,4-6,9H2,1-3H3,(H,20,21). The molecule has 3 rings (SSSR count). The number of carbonyl (C=O) groups is 1. The number of imidazole rings is 1. The van der Waals surface area contributed by atoms with E-state index in [2.05, 4.69) is 25.3 Å². The van der Waals surface area contributed by atoms with Crippen molar-refractivity contribution < 1.29 is 9.90 Å². The number of fused-ring (bicyclic) bond motifs is 1. The highest BCUT2D eigenvalue weighted by atomic mass is 16.4. The van der Waals surface area contributed by atoms with E-state index < -0.39 is 5.97 Å². The Morgan fingerprint density at radius 2 is 2.14 bits per heavy atom. The van der Waals surface area contributed by atoms with Crippen LogP contribution in [0.25, 0.3) is 11.0 Å². The summed E-state index contributed by atoms with van der Waals surface area (Å²) in [6.07, 6.45) is 4.58. The van der Waals surface area contributed by atoms with E-state index in [0.29, 0.717) is 11.5 Å². The SMILES string of the molecule is CCCC(C)(C)n1c(C2CC2)nc2cc(C(=O)O)ccc21. The Labute approximate surface area is 124 Å². The fraction of sp³-hybridized carbons (Fsp3) is 0.529. The molecule has 2 aromatic rings. The van der Waals surface area contributed by atoms with Gasteiger partial charge in [-0.25, -0.2) is 9.78 Å². The summed E-state index contributed by atoms with van der Waals surface area (Å²) in [5.41, 5.74) is 2.18. The van der Waals surface area contributed by atoms with Crippen molar-refractivity contribution in [2.24, 2.45) is 0 Å². The van der Waals surface area contributed by atoms with E-state index in [-0.39, 0.29) is 5.54 Å². The molecule has 0 unspecified atom stereocenters. The van der Waals surface area contributed by atoms with Crippen molar-refractivity contribution in [1.82, 2.24) is 9.55 Å². The highest BCUT2D eigenvalue weighted by Gasteiger charge is 2.34. The van der Waals surface area contributed by atoms with Crippen molar-refractivity contribution in [1.29, 1.82) is 0 Å². The maximum Gasteiger partial charge on any atom is 0.335 e. The van der Waals surface area contributed by atoms with E-state index in [9.17, 15) is 4.79 Å². The van der Waals surface area contributed by atoms with Crippen LogP contribution in [0.15, 0.2) is 18.2 Å². The molecule has 0 radical (unpaired) electrons. The molecule has 1 saturated carbocycles. The molecule has 0 spiro atoms. The smallest absolute Gasteiger partial charge is 0.335 e. The molecule has 0 amide bonds. The molecule has 4 nitrogen and oxygen atoms in total. The first kappa shape index (κ1) is 14.1. The molecule has 1 heterocycles. The minimum absolute atomic E-state index is 0.00611. The van der Waals surface area contributed by atoms with Crippen LogP contribution in [-0.2, 0) is 5.54 Å². The molecule has 1 aliphatic carbocycles. The van der Waals surface area contributed by atoms with Crippen LogP contribution in [0.4, 0.5) is 0 Å². The second kappa shape index (κ2) is 4.86. The van der Waals surface area contributed by atoms with Gasteiger partial charge in [0.05, 0.1) is 16.6 Å². The van der Waals surface area contributed by atoms with Gasteiger partial charge < -0.3 is 9.67 Å². The summed E-state index contributed by atoms with van der Waals surface area (Å²) in [6, 6.07) is 5.29. The number of aromatic nitrogens is 2. The van der Waals surface area contributed by atoms with Gasteiger partial charge in [-0.1, -0.05) is 13.3 Å². The van der Waals surface area contributed by atoms with Crippen LogP contribution >= 0.6 is 0 Å². The van der Waals surface area contributed by atoms with Gasteiger partial charge in [0.25, 0.3) is 0 Å². The van der Waals surface area contributed by atoms with E-state index in [1.54, 1.807) is 12.1 Å². The average Bonchev–Trinajstić information content (AvgIpc) is 3.17. The Balaban J connectivity index is 2.20. The van der Waals surface area contributed by atoms with Gasteiger partial charge in [0.1, 0.15) is 5.82 Å². The van der Waals surface area contributed by atoms with Gasteiger partial charge >= 0.3 is 5.97 Å². The van der Waals surface area contributed by atoms with E-state index in [1.807, 2.05) is 6.07 Å². The zero-order valence-electron chi connectivity index (χ0n) is 12.9. The third-order valence-corrected chi connectivity index (χ3v) is 4.34. The van der Waals surface area contributed by atoms with Gasteiger partial charge in [-0.05, 0) is 51.3 Å². The predicted molar refractivity (Wildman–Crippen MR) is 82.9 cm³/mol. The zero-order chi connectivity index (χ0) is 15.2. The minimum atomic E-state index is -0.896. The molecule has 1 N–H and O–H groups in total. The van der Waals surface area contributed by atoms with Crippen molar-refractivity contribution in [3.05, 3.63) is 29.6 Å². The highest BCUT2D eigenvalue weighted by molar-refractivity contribution is 5.92. The maximum absolute atomic E-state index is 11.1. The number of hydrogen-bond donors (Lipinski definition) is 1. The predicted octanol–water partition coefficient (Wildman–Crippen LogP) is 4.15. The van der Waals surface area contributed by atoms with E-state index >= 15 is 0 Å². The van der Waals surface area contributed by atoms with Crippen LogP contribution < -0.4 is 0 Å². The van der Waals surface area contributed by atoms with Crippen molar-refractivity contribution >= 4 is 17.0 Å². The minimum Gasteiger partial charge on any atom is -0.478 e. The summed E-state index contributed by atoms with van der Waals surface area (Å²) in [5, 5.41) is 9.15. The van der Waals surface area contributed by atoms with Crippen LogP contribution in [0.3, 0.4) is 0 Å². The van der Waals surface area contributed by atoms with Crippen molar-refractivity contribution in [3.63, 3.8) is 0 Å². The van der Waals surface area contributed by atoms with Crippen molar-refractivity contribution in [3.8, 4) is 0 Å². The van der Waals surface area contributed by atoms with Crippen LogP contribution in [-0.4, -0.2) is 20.6 Å². The molecular weight excluding hydrogens is 264 g/mol. The monoisotopic (exact) mass is 286 g/mol. The lowest BCUT2D eigenvalue weighted by Crippen LogP contribution is -2.27. The third-order valence-electron chi connectivity index (χ3n) is 4.34. The quantitative estimate of drug-likeness (QED) is 0.898. The molecule has 0 aliphatic heterocycles. The second-order valence-corrected chi connectivity index (χ2v) is 6.65. The van der Waals surface area contributed by atoms with Crippen molar-refractivity contribution in [2.75, 3.05) is 0 Å². The molecule has 1 aromatic carbocycles. The Morgan fingerprint density at radius 3 is 2.71 bits per heavy atom. The summed E-state index contributed by atoms with van der Waals surface area (Å²) in [4.78, 5) is 15.9. The van der Waals surface area contributed by atoms with Gasteiger partial charge in [0.15, 0.2) is 0 Å². The summed E-state index contributed by atoms with van der Waals surface area (Å²) in [7, 11) is 0. The summed E-state index contributed by atoms with van der Waals surface area (Å²) < 4.78 is 2.34. The lowest BCUT2D eigenvalue weighted by molar-refractivity contribution is 0.0697. The largest absolute Gasteiger partial charge is 0.478 e. The average molecular weight is 286 g/mol. The molecule has 1 aliphatic rings. The number of hydrogen-bond acceptors (Lipinski definition) is 2.